The van der Waals surface area contributed by atoms with Gasteiger partial charge in [0.2, 0.25) is 0 Å². The second-order valence-corrected chi connectivity index (χ2v) is 6.83. The standard InChI is InChI=1S/C19H32N2/c1-17(2)15-20-16-19-12-8-14-21(19)13-7-6-11-18-9-4-3-5-10-18/h3-5,9-10,17,19-20H,6-8,11-16H2,1-2H3. The van der Waals surface area contributed by atoms with E-state index in [0.29, 0.717) is 0 Å². The summed E-state index contributed by atoms with van der Waals surface area (Å²) in [6.45, 7) is 9.47. The number of unbranched alkanes of at least 4 members (excludes halogenated alkanes) is 1. The predicted octanol–water partition coefficient (Wildman–Crippen LogP) is 3.72. The molecule has 1 aliphatic heterocycles. The van der Waals surface area contributed by atoms with Gasteiger partial charge in [-0.05, 0) is 63.2 Å². The third-order valence-electron chi connectivity index (χ3n) is 4.44. The minimum Gasteiger partial charge on any atom is -0.315 e. The Morgan fingerprint density at radius 3 is 2.76 bits per heavy atom. The Morgan fingerprint density at radius 1 is 1.19 bits per heavy atom. The van der Waals surface area contributed by atoms with Crippen LogP contribution in [0.25, 0.3) is 0 Å². The number of nitrogens with one attached hydrogen (secondary N) is 1. The molecule has 2 rings (SSSR count). The van der Waals surface area contributed by atoms with Gasteiger partial charge in [0.15, 0.2) is 0 Å². The van der Waals surface area contributed by atoms with Crippen LogP contribution in [0.1, 0.15) is 45.1 Å². The molecule has 0 bridgehead atoms. The number of likely N-dealkylation sites (tertiary alicyclic amines) is 1. The first kappa shape index (κ1) is 16.5. The molecule has 21 heavy (non-hydrogen) atoms. The Labute approximate surface area is 130 Å². The molecule has 0 aromatic heterocycles. The van der Waals surface area contributed by atoms with Crippen LogP contribution in [0, 0.1) is 5.92 Å². The quantitative estimate of drug-likeness (QED) is 0.697. The molecule has 118 valence electrons. The Bertz CT molecular complexity index is 374. The van der Waals surface area contributed by atoms with Crippen LogP contribution in [-0.2, 0) is 6.42 Å². The molecule has 2 nitrogen and oxygen atoms in total. The number of nitrogens with zero attached hydrogens (tertiary/aromatic N) is 1. The summed E-state index contributed by atoms with van der Waals surface area (Å²) < 4.78 is 0. The van der Waals surface area contributed by atoms with Gasteiger partial charge in [0.25, 0.3) is 0 Å². The first-order valence-corrected chi connectivity index (χ1v) is 8.74. The summed E-state index contributed by atoms with van der Waals surface area (Å²) in [5.41, 5.74) is 1.48. The van der Waals surface area contributed by atoms with Gasteiger partial charge in [-0.2, -0.15) is 0 Å². The van der Waals surface area contributed by atoms with Gasteiger partial charge >= 0.3 is 0 Å². The number of aryl methyl sites for hydroxylation is 1. The molecule has 1 unspecified atom stereocenters. The Balaban J connectivity index is 1.60. The van der Waals surface area contributed by atoms with E-state index in [4.69, 9.17) is 0 Å². The van der Waals surface area contributed by atoms with Crippen LogP contribution in [-0.4, -0.2) is 37.1 Å². The highest BCUT2D eigenvalue weighted by Crippen LogP contribution is 2.17. The van der Waals surface area contributed by atoms with Gasteiger partial charge in [-0.15, -0.1) is 0 Å². The molecule has 0 radical (unpaired) electrons. The van der Waals surface area contributed by atoms with E-state index in [1.165, 1.54) is 57.3 Å². The van der Waals surface area contributed by atoms with Gasteiger partial charge in [-0.1, -0.05) is 44.2 Å². The minimum atomic E-state index is 0.755. The lowest BCUT2D eigenvalue weighted by Crippen LogP contribution is -2.39. The molecule has 0 spiro atoms. The van der Waals surface area contributed by atoms with E-state index >= 15 is 0 Å². The normalized spacial score (nSPS) is 19.5. The highest BCUT2D eigenvalue weighted by molar-refractivity contribution is 5.14. The maximum atomic E-state index is 3.63. The topological polar surface area (TPSA) is 15.3 Å². The van der Waals surface area contributed by atoms with Crippen LogP contribution in [0.2, 0.25) is 0 Å². The highest BCUT2D eigenvalue weighted by atomic mass is 15.2. The van der Waals surface area contributed by atoms with E-state index < -0.39 is 0 Å². The average Bonchev–Trinajstić information content (AvgIpc) is 2.92. The molecule has 1 aromatic rings. The predicted molar refractivity (Wildman–Crippen MR) is 91.7 cm³/mol. The summed E-state index contributed by atoms with van der Waals surface area (Å²) in [6.07, 6.45) is 6.63. The van der Waals surface area contributed by atoms with Crippen molar-refractivity contribution in [2.45, 2.75) is 52.0 Å². The molecule has 0 aliphatic carbocycles. The van der Waals surface area contributed by atoms with Crippen molar-refractivity contribution in [1.29, 1.82) is 0 Å². The Kier molecular flexibility index (Phi) is 7.25. The smallest absolute Gasteiger partial charge is 0.0221 e. The van der Waals surface area contributed by atoms with Crippen LogP contribution in [0.3, 0.4) is 0 Å². The number of benzene rings is 1. The van der Waals surface area contributed by atoms with E-state index in [0.717, 1.165) is 18.5 Å². The third-order valence-corrected chi connectivity index (χ3v) is 4.44. The molecule has 0 amide bonds. The van der Waals surface area contributed by atoms with Gasteiger partial charge in [0.1, 0.15) is 0 Å². The van der Waals surface area contributed by atoms with Crippen molar-refractivity contribution in [2.24, 2.45) is 5.92 Å². The van der Waals surface area contributed by atoms with Crippen LogP contribution < -0.4 is 5.32 Å². The number of rotatable bonds is 9. The summed E-state index contributed by atoms with van der Waals surface area (Å²) in [5, 5.41) is 3.63. The first-order chi connectivity index (χ1) is 10.3. The summed E-state index contributed by atoms with van der Waals surface area (Å²) in [7, 11) is 0. The van der Waals surface area contributed by atoms with Crippen LogP contribution in [0.5, 0.6) is 0 Å². The molecule has 1 N–H and O–H groups in total. The zero-order chi connectivity index (χ0) is 14.9. The fourth-order valence-electron chi connectivity index (χ4n) is 3.25. The first-order valence-electron chi connectivity index (χ1n) is 8.74. The van der Waals surface area contributed by atoms with Gasteiger partial charge in [-0.25, -0.2) is 0 Å². The zero-order valence-corrected chi connectivity index (χ0v) is 13.9. The van der Waals surface area contributed by atoms with Gasteiger partial charge < -0.3 is 5.32 Å². The number of hydrogen-bond donors (Lipinski definition) is 1. The second kappa shape index (κ2) is 9.22. The highest BCUT2D eigenvalue weighted by Gasteiger charge is 2.23. The van der Waals surface area contributed by atoms with Gasteiger partial charge in [0.05, 0.1) is 0 Å². The van der Waals surface area contributed by atoms with Gasteiger partial charge in [-0.3, -0.25) is 4.90 Å². The molecule has 1 heterocycles. The average molecular weight is 288 g/mol. The van der Waals surface area contributed by atoms with Crippen molar-refractivity contribution in [3.8, 4) is 0 Å². The van der Waals surface area contributed by atoms with E-state index in [1.54, 1.807) is 0 Å². The van der Waals surface area contributed by atoms with Crippen molar-refractivity contribution >= 4 is 0 Å². The number of hydrogen-bond acceptors (Lipinski definition) is 2. The van der Waals surface area contributed by atoms with E-state index in [2.05, 4.69) is 54.4 Å². The lowest BCUT2D eigenvalue weighted by atomic mass is 10.1. The molecule has 1 atom stereocenters. The van der Waals surface area contributed by atoms with Crippen molar-refractivity contribution in [1.82, 2.24) is 10.2 Å². The van der Waals surface area contributed by atoms with Crippen molar-refractivity contribution < 1.29 is 0 Å². The second-order valence-electron chi connectivity index (χ2n) is 6.83. The lowest BCUT2D eigenvalue weighted by Gasteiger charge is -2.25. The van der Waals surface area contributed by atoms with Crippen molar-refractivity contribution in [3.63, 3.8) is 0 Å². The Hall–Kier alpha value is -0.860. The SMILES string of the molecule is CC(C)CNCC1CCCN1CCCCc1ccccc1. The molecule has 1 aromatic carbocycles. The molecule has 1 fully saturated rings. The third kappa shape index (κ3) is 6.19. The van der Waals surface area contributed by atoms with Crippen molar-refractivity contribution in [2.75, 3.05) is 26.2 Å². The minimum absolute atomic E-state index is 0.755. The molecular weight excluding hydrogens is 256 g/mol. The fraction of sp³-hybridized carbons (Fsp3) is 0.684. The molecular formula is C19H32N2. The summed E-state index contributed by atoms with van der Waals surface area (Å²) in [6, 6.07) is 11.7. The maximum Gasteiger partial charge on any atom is 0.0221 e. The largest absolute Gasteiger partial charge is 0.315 e. The molecule has 2 heteroatoms. The monoisotopic (exact) mass is 288 g/mol. The molecule has 0 saturated carbocycles. The van der Waals surface area contributed by atoms with Crippen LogP contribution in [0.4, 0.5) is 0 Å². The fourth-order valence-corrected chi connectivity index (χ4v) is 3.25. The van der Waals surface area contributed by atoms with E-state index in [1.807, 2.05) is 0 Å². The summed E-state index contributed by atoms with van der Waals surface area (Å²) in [4.78, 5) is 2.71. The van der Waals surface area contributed by atoms with Crippen LogP contribution >= 0.6 is 0 Å². The van der Waals surface area contributed by atoms with Crippen LogP contribution in [0.15, 0.2) is 30.3 Å². The Morgan fingerprint density at radius 2 is 2.00 bits per heavy atom. The lowest BCUT2D eigenvalue weighted by molar-refractivity contribution is 0.241. The summed E-state index contributed by atoms with van der Waals surface area (Å²) >= 11 is 0. The zero-order valence-electron chi connectivity index (χ0n) is 13.9. The summed E-state index contributed by atoms with van der Waals surface area (Å²) in [5.74, 6) is 0.755. The van der Waals surface area contributed by atoms with Gasteiger partial charge in [0, 0.05) is 12.6 Å². The van der Waals surface area contributed by atoms with E-state index in [-0.39, 0.29) is 0 Å². The molecule has 1 saturated heterocycles. The van der Waals surface area contributed by atoms with Crippen molar-refractivity contribution in [3.05, 3.63) is 35.9 Å². The maximum absolute atomic E-state index is 3.63. The van der Waals surface area contributed by atoms with E-state index in [9.17, 15) is 0 Å². The molecule has 1 aliphatic rings.